The maximum absolute atomic E-state index is 11.5. The van der Waals surface area contributed by atoms with Gasteiger partial charge in [0.2, 0.25) is 5.91 Å². The number of nitrogens with zero attached hydrogens (tertiary/aromatic N) is 1. The number of amides is 1. The summed E-state index contributed by atoms with van der Waals surface area (Å²) in [4.78, 5) is 15.4. The molecule has 0 bridgehead atoms. The van der Waals surface area contributed by atoms with Crippen molar-refractivity contribution in [2.45, 2.75) is 19.8 Å². The van der Waals surface area contributed by atoms with Crippen LogP contribution in [0.2, 0.25) is 10.0 Å². The lowest BCUT2D eigenvalue weighted by molar-refractivity contribution is -0.117. The largest absolute Gasteiger partial charge is 0.387 e. The molecule has 116 valence electrons. The van der Waals surface area contributed by atoms with Crippen molar-refractivity contribution < 1.29 is 4.79 Å². The summed E-state index contributed by atoms with van der Waals surface area (Å²) in [5.74, 6) is -0.00907. The van der Waals surface area contributed by atoms with Crippen LogP contribution in [-0.2, 0) is 4.79 Å². The molecule has 0 aliphatic rings. The Morgan fingerprint density at radius 2 is 2.10 bits per heavy atom. The van der Waals surface area contributed by atoms with Gasteiger partial charge in [-0.2, -0.15) is 0 Å². The molecule has 21 heavy (non-hydrogen) atoms. The van der Waals surface area contributed by atoms with E-state index in [1.807, 2.05) is 13.0 Å². The molecule has 1 atom stereocenters. The number of nitrogens with two attached hydrogens (primary N) is 2. The lowest BCUT2D eigenvalue weighted by atomic mass is 10.1. The van der Waals surface area contributed by atoms with Crippen LogP contribution in [0.15, 0.2) is 23.2 Å². The Bertz CT molecular complexity index is 520. The average Bonchev–Trinajstić information content (AvgIpc) is 2.45. The smallest absolute Gasteiger partial charge is 0.247 e. The van der Waals surface area contributed by atoms with E-state index in [1.54, 1.807) is 12.1 Å². The average molecular weight is 331 g/mol. The molecule has 0 fully saturated rings. The molecule has 1 amide bonds. The molecule has 0 saturated heterocycles. The van der Waals surface area contributed by atoms with Crippen molar-refractivity contribution in [2.75, 3.05) is 18.4 Å². The molecule has 0 aromatic heterocycles. The second-order valence-electron chi connectivity index (χ2n) is 4.73. The number of amidine groups is 1. The molecule has 0 aliphatic carbocycles. The highest BCUT2D eigenvalue weighted by Crippen LogP contribution is 2.25. The summed E-state index contributed by atoms with van der Waals surface area (Å²) < 4.78 is 0. The maximum Gasteiger partial charge on any atom is 0.247 e. The normalized spacial score (nSPS) is 13.0. The minimum atomic E-state index is -0.237. The molecular formula is C14H20Cl2N4O. The van der Waals surface area contributed by atoms with Crippen LogP contribution in [0.5, 0.6) is 0 Å². The Kier molecular flexibility index (Phi) is 7.50. The highest BCUT2D eigenvalue weighted by atomic mass is 35.5. The highest BCUT2D eigenvalue weighted by molar-refractivity contribution is 6.42. The third kappa shape index (κ3) is 6.33. The molecule has 1 rings (SSSR count). The van der Waals surface area contributed by atoms with E-state index < -0.39 is 0 Å². The molecule has 1 unspecified atom stereocenters. The second-order valence-corrected chi connectivity index (χ2v) is 5.55. The van der Waals surface area contributed by atoms with Crippen molar-refractivity contribution in [1.82, 2.24) is 0 Å². The van der Waals surface area contributed by atoms with Crippen LogP contribution < -0.4 is 16.8 Å². The first-order valence-corrected chi connectivity index (χ1v) is 7.45. The van der Waals surface area contributed by atoms with Crippen LogP contribution >= 0.6 is 23.2 Å². The minimum Gasteiger partial charge on any atom is -0.387 e. The van der Waals surface area contributed by atoms with Crippen LogP contribution in [0, 0.1) is 5.92 Å². The van der Waals surface area contributed by atoms with Gasteiger partial charge in [0.1, 0.15) is 5.84 Å². The highest BCUT2D eigenvalue weighted by Gasteiger charge is 2.09. The molecule has 0 heterocycles. The fraction of sp³-hybridized carbons (Fsp3) is 0.429. The quantitative estimate of drug-likeness (QED) is 0.529. The summed E-state index contributed by atoms with van der Waals surface area (Å²) >= 11 is 11.8. The van der Waals surface area contributed by atoms with E-state index in [2.05, 4.69) is 10.3 Å². The summed E-state index contributed by atoms with van der Waals surface area (Å²) in [6.07, 6.45) is 0.940. The number of halogens is 2. The number of carbonyl (C=O) groups excluding carboxylic acids is 1. The first kappa shape index (κ1) is 17.8. The van der Waals surface area contributed by atoms with Crippen molar-refractivity contribution in [3.05, 3.63) is 28.2 Å². The molecule has 7 heteroatoms. The van der Waals surface area contributed by atoms with Crippen molar-refractivity contribution in [3.8, 4) is 0 Å². The lowest BCUT2D eigenvalue weighted by Crippen LogP contribution is -2.28. The van der Waals surface area contributed by atoms with Gasteiger partial charge in [-0.25, -0.2) is 4.99 Å². The number of anilines is 1. The Morgan fingerprint density at radius 1 is 1.38 bits per heavy atom. The summed E-state index contributed by atoms with van der Waals surface area (Å²) in [6.45, 7) is 2.90. The predicted molar refractivity (Wildman–Crippen MR) is 89.0 cm³/mol. The number of hydrogen-bond donors (Lipinski definition) is 3. The van der Waals surface area contributed by atoms with Crippen LogP contribution in [-0.4, -0.2) is 24.8 Å². The second kappa shape index (κ2) is 8.87. The van der Waals surface area contributed by atoms with E-state index in [1.165, 1.54) is 0 Å². The molecule has 1 aromatic rings. The zero-order valence-corrected chi connectivity index (χ0v) is 13.4. The van der Waals surface area contributed by atoms with Gasteiger partial charge in [-0.1, -0.05) is 30.1 Å². The van der Waals surface area contributed by atoms with Crippen molar-refractivity contribution >= 4 is 40.6 Å². The van der Waals surface area contributed by atoms with Crippen LogP contribution in [0.25, 0.3) is 0 Å². The molecule has 0 spiro atoms. The van der Waals surface area contributed by atoms with Gasteiger partial charge in [0.05, 0.1) is 10.0 Å². The van der Waals surface area contributed by atoms with Crippen LogP contribution in [0.1, 0.15) is 19.8 Å². The zero-order valence-electron chi connectivity index (χ0n) is 11.9. The van der Waals surface area contributed by atoms with Gasteiger partial charge in [-0.05, 0) is 31.2 Å². The first-order chi connectivity index (χ1) is 9.93. The van der Waals surface area contributed by atoms with E-state index in [-0.39, 0.29) is 11.8 Å². The van der Waals surface area contributed by atoms with Gasteiger partial charge >= 0.3 is 0 Å². The zero-order chi connectivity index (χ0) is 15.8. The fourth-order valence-electron chi connectivity index (χ4n) is 1.54. The van der Waals surface area contributed by atoms with Crippen LogP contribution in [0.3, 0.4) is 0 Å². The number of carbonyl (C=O) groups is 1. The van der Waals surface area contributed by atoms with Gasteiger partial charge in [-0.3, -0.25) is 4.79 Å². The van der Waals surface area contributed by atoms with Gasteiger partial charge in [0, 0.05) is 24.6 Å². The van der Waals surface area contributed by atoms with E-state index in [9.17, 15) is 4.79 Å². The monoisotopic (exact) mass is 330 g/mol. The molecule has 5 N–H and O–H groups in total. The summed E-state index contributed by atoms with van der Waals surface area (Å²) in [6, 6.07) is 5.27. The standard InChI is InChI=1S/C14H20Cl2N4O/c1-9(14(18)20-13(21)3-2-6-17)8-19-10-4-5-11(15)12(16)7-10/h4-5,7,9,19H,2-3,6,8,17H2,1H3,(H2,18,20,21). The van der Waals surface area contributed by atoms with Gasteiger partial charge < -0.3 is 16.8 Å². The number of benzene rings is 1. The molecule has 0 radical (unpaired) electrons. The summed E-state index contributed by atoms with van der Waals surface area (Å²) in [7, 11) is 0. The van der Waals surface area contributed by atoms with Crippen molar-refractivity contribution in [3.63, 3.8) is 0 Å². The number of aliphatic imine (C=N–C) groups is 1. The lowest BCUT2D eigenvalue weighted by Gasteiger charge is -2.13. The predicted octanol–water partition coefficient (Wildman–Crippen LogP) is 2.66. The molecule has 5 nitrogen and oxygen atoms in total. The van der Waals surface area contributed by atoms with E-state index in [0.717, 1.165) is 5.69 Å². The minimum absolute atomic E-state index is 0.0821. The van der Waals surface area contributed by atoms with E-state index in [0.29, 0.717) is 41.8 Å². The van der Waals surface area contributed by atoms with E-state index >= 15 is 0 Å². The third-order valence-corrected chi connectivity index (χ3v) is 3.62. The molecule has 0 aliphatic heterocycles. The fourth-order valence-corrected chi connectivity index (χ4v) is 1.84. The Balaban J connectivity index is 2.52. The Labute approximate surface area is 134 Å². The van der Waals surface area contributed by atoms with Gasteiger partial charge in [-0.15, -0.1) is 0 Å². The summed E-state index contributed by atoms with van der Waals surface area (Å²) in [5.41, 5.74) is 12.0. The third-order valence-electron chi connectivity index (χ3n) is 2.89. The first-order valence-electron chi connectivity index (χ1n) is 6.70. The van der Waals surface area contributed by atoms with Crippen molar-refractivity contribution in [2.24, 2.45) is 22.4 Å². The number of hydrogen-bond acceptors (Lipinski definition) is 3. The maximum atomic E-state index is 11.5. The molecule has 0 saturated carbocycles. The Hall–Kier alpha value is -1.30. The van der Waals surface area contributed by atoms with Gasteiger partial charge in [0.15, 0.2) is 0 Å². The SMILES string of the molecule is CC(CNc1ccc(Cl)c(Cl)c1)C(N)=NC(=O)CCCN. The summed E-state index contributed by atoms with van der Waals surface area (Å²) in [5, 5.41) is 4.16. The number of nitrogens with one attached hydrogen (secondary N) is 1. The van der Waals surface area contributed by atoms with Crippen LogP contribution in [0.4, 0.5) is 5.69 Å². The number of rotatable bonds is 7. The van der Waals surface area contributed by atoms with E-state index in [4.69, 9.17) is 34.7 Å². The molecule has 1 aromatic carbocycles. The topological polar surface area (TPSA) is 93.5 Å². The van der Waals surface area contributed by atoms with Crippen molar-refractivity contribution in [1.29, 1.82) is 0 Å². The Morgan fingerprint density at radius 3 is 2.71 bits per heavy atom. The van der Waals surface area contributed by atoms with Gasteiger partial charge in [0.25, 0.3) is 0 Å². The molecular weight excluding hydrogens is 311 g/mol.